The summed E-state index contributed by atoms with van der Waals surface area (Å²) >= 11 is 0. The van der Waals surface area contributed by atoms with E-state index in [1.807, 2.05) is 30.7 Å². The molecule has 1 heterocycles. The van der Waals surface area contributed by atoms with Crippen molar-refractivity contribution >= 4 is 0 Å². The van der Waals surface area contributed by atoms with E-state index in [2.05, 4.69) is 22.6 Å². The van der Waals surface area contributed by atoms with Crippen LogP contribution in [0.5, 0.6) is 0 Å². The van der Waals surface area contributed by atoms with Crippen molar-refractivity contribution in [2.45, 2.75) is 53.8 Å². The fourth-order valence-electron chi connectivity index (χ4n) is 2.49. The van der Waals surface area contributed by atoms with Gasteiger partial charge in [0, 0.05) is 19.1 Å². The lowest BCUT2D eigenvalue weighted by Gasteiger charge is -2.17. The van der Waals surface area contributed by atoms with Crippen LogP contribution in [-0.2, 0) is 13.1 Å². The molecular weight excluding hydrogens is 267 g/mol. The van der Waals surface area contributed by atoms with E-state index in [4.69, 9.17) is 0 Å². The highest BCUT2D eigenvalue weighted by molar-refractivity contribution is 5.32. The molecule has 1 atom stereocenters. The Balaban J connectivity index is 2.11. The van der Waals surface area contributed by atoms with Crippen LogP contribution >= 0.6 is 0 Å². The van der Waals surface area contributed by atoms with E-state index in [0.29, 0.717) is 17.7 Å². The number of rotatable bonds is 5. The van der Waals surface area contributed by atoms with Gasteiger partial charge in [-0.1, -0.05) is 17.3 Å². The van der Waals surface area contributed by atoms with Crippen LogP contribution in [-0.4, -0.2) is 15.0 Å². The van der Waals surface area contributed by atoms with Crippen LogP contribution in [0, 0.1) is 26.6 Å². The molecule has 2 rings (SSSR count). The van der Waals surface area contributed by atoms with Gasteiger partial charge in [0.05, 0.1) is 11.4 Å². The van der Waals surface area contributed by atoms with Crippen molar-refractivity contribution in [1.29, 1.82) is 0 Å². The largest absolute Gasteiger partial charge is 0.305 e. The van der Waals surface area contributed by atoms with Gasteiger partial charge in [0.1, 0.15) is 5.82 Å². The molecular formula is C16H23FN4. The highest BCUT2D eigenvalue weighted by Crippen LogP contribution is 2.20. The highest BCUT2D eigenvalue weighted by atomic mass is 19.1. The first kappa shape index (κ1) is 15.6. The Morgan fingerprint density at radius 3 is 2.43 bits per heavy atom. The molecule has 0 aliphatic rings. The van der Waals surface area contributed by atoms with Crippen LogP contribution in [0.4, 0.5) is 4.39 Å². The van der Waals surface area contributed by atoms with Gasteiger partial charge in [0.15, 0.2) is 0 Å². The Bertz CT molecular complexity index is 610. The Labute approximate surface area is 125 Å². The molecule has 5 heteroatoms. The van der Waals surface area contributed by atoms with Crippen LogP contribution in [0.3, 0.4) is 0 Å². The third-order valence-electron chi connectivity index (χ3n) is 3.87. The van der Waals surface area contributed by atoms with Crippen LogP contribution in [0.1, 0.15) is 48.0 Å². The summed E-state index contributed by atoms with van der Waals surface area (Å²) in [5.41, 5.74) is 4.52. The molecule has 0 bridgehead atoms. The maximum atomic E-state index is 13.7. The number of benzene rings is 1. The van der Waals surface area contributed by atoms with Gasteiger partial charge in [-0.3, -0.25) is 0 Å². The quantitative estimate of drug-likeness (QED) is 0.919. The van der Waals surface area contributed by atoms with E-state index in [-0.39, 0.29) is 11.9 Å². The zero-order valence-electron chi connectivity index (χ0n) is 13.4. The standard InChI is InChI=1S/C16H23FN4/c1-6-21-15(13(5)19-20-21)9-18-12(4)14-7-10(2)16(17)11(3)8-14/h7-8,12,18H,6,9H2,1-5H3. The van der Waals surface area contributed by atoms with Gasteiger partial charge in [-0.05, 0) is 51.3 Å². The molecule has 0 saturated heterocycles. The topological polar surface area (TPSA) is 42.7 Å². The summed E-state index contributed by atoms with van der Waals surface area (Å²) in [6.45, 7) is 11.2. The number of hydrogen-bond donors (Lipinski definition) is 1. The monoisotopic (exact) mass is 290 g/mol. The molecule has 2 aromatic rings. The van der Waals surface area contributed by atoms with Crippen LogP contribution in [0.15, 0.2) is 12.1 Å². The number of aromatic nitrogens is 3. The van der Waals surface area contributed by atoms with Crippen molar-refractivity contribution in [2.24, 2.45) is 0 Å². The third kappa shape index (κ3) is 3.29. The van der Waals surface area contributed by atoms with Gasteiger partial charge in [-0.15, -0.1) is 5.10 Å². The van der Waals surface area contributed by atoms with Crippen molar-refractivity contribution < 1.29 is 4.39 Å². The molecule has 4 nitrogen and oxygen atoms in total. The summed E-state index contributed by atoms with van der Waals surface area (Å²) in [5, 5.41) is 11.7. The molecule has 0 aliphatic carbocycles. The Morgan fingerprint density at radius 1 is 1.24 bits per heavy atom. The van der Waals surface area contributed by atoms with E-state index in [0.717, 1.165) is 23.5 Å². The first-order chi connectivity index (χ1) is 9.93. The second-order valence-corrected chi connectivity index (χ2v) is 5.51. The maximum Gasteiger partial charge on any atom is 0.129 e. The summed E-state index contributed by atoms with van der Waals surface area (Å²) < 4.78 is 15.6. The van der Waals surface area contributed by atoms with Crippen molar-refractivity contribution in [1.82, 2.24) is 20.3 Å². The van der Waals surface area contributed by atoms with Crippen LogP contribution < -0.4 is 5.32 Å². The summed E-state index contributed by atoms with van der Waals surface area (Å²) in [6.07, 6.45) is 0. The molecule has 1 N–H and O–H groups in total. The van der Waals surface area contributed by atoms with Gasteiger partial charge < -0.3 is 5.32 Å². The predicted molar refractivity (Wildman–Crippen MR) is 81.6 cm³/mol. The van der Waals surface area contributed by atoms with E-state index < -0.39 is 0 Å². The van der Waals surface area contributed by atoms with E-state index in [1.54, 1.807) is 13.8 Å². The zero-order valence-corrected chi connectivity index (χ0v) is 13.4. The molecule has 0 saturated carbocycles. The first-order valence-corrected chi connectivity index (χ1v) is 7.33. The van der Waals surface area contributed by atoms with Crippen molar-refractivity contribution in [3.05, 3.63) is 46.0 Å². The van der Waals surface area contributed by atoms with E-state index >= 15 is 0 Å². The second kappa shape index (κ2) is 6.35. The lowest BCUT2D eigenvalue weighted by Crippen LogP contribution is -2.21. The average Bonchev–Trinajstić information content (AvgIpc) is 2.81. The van der Waals surface area contributed by atoms with Crippen molar-refractivity contribution in [3.63, 3.8) is 0 Å². The molecule has 0 spiro atoms. The second-order valence-electron chi connectivity index (χ2n) is 5.51. The minimum Gasteiger partial charge on any atom is -0.305 e. The maximum absolute atomic E-state index is 13.7. The molecule has 21 heavy (non-hydrogen) atoms. The number of nitrogens with zero attached hydrogens (tertiary/aromatic N) is 3. The fourth-order valence-corrected chi connectivity index (χ4v) is 2.49. The van der Waals surface area contributed by atoms with Gasteiger partial charge in [-0.25, -0.2) is 9.07 Å². The molecule has 1 aromatic carbocycles. The number of hydrogen-bond acceptors (Lipinski definition) is 3. The predicted octanol–water partition coefficient (Wildman–Crippen LogP) is 3.21. The van der Waals surface area contributed by atoms with E-state index in [9.17, 15) is 4.39 Å². The number of nitrogens with one attached hydrogen (secondary N) is 1. The van der Waals surface area contributed by atoms with Gasteiger partial charge in [0.25, 0.3) is 0 Å². The molecule has 1 unspecified atom stereocenters. The minimum atomic E-state index is -0.116. The lowest BCUT2D eigenvalue weighted by molar-refractivity contribution is 0.524. The summed E-state index contributed by atoms with van der Waals surface area (Å²) in [5.74, 6) is -0.116. The summed E-state index contributed by atoms with van der Waals surface area (Å²) in [7, 11) is 0. The fraction of sp³-hybridized carbons (Fsp3) is 0.500. The average molecular weight is 290 g/mol. The first-order valence-electron chi connectivity index (χ1n) is 7.33. The van der Waals surface area contributed by atoms with Gasteiger partial charge in [0.2, 0.25) is 0 Å². The van der Waals surface area contributed by atoms with Gasteiger partial charge in [-0.2, -0.15) is 0 Å². The molecule has 0 amide bonds. The summed E-state index contributed by atoms with van der Waals surface area (Å²) in [6, 6.07) is 3.95. The molecule has 0 radical (unpaired) electrons. The molecule has 114 valence electrons. The lowest BCUT2D eigenvalue weighted by atomic mass is 10.0. The third-order valence-corrected chi connectivity index (χ3v) is 3.87. The van der Waals surface area contributed by atoms with E-state index in [1.165, 1.54) is 0 Å². The zero-order chi connectivity index (χ0) is 15.6. The molecule has 0 fully saturated rings. The minimum absolute atomic E-state index is 0.116. The molecule has 1 aromatic heterocycles. The van der Waals surface area contributed by atoms with Crippen LogP contribution in [0.2, 0.25) is 0 Å². The van der Waals surface area contributed by atoms with Gasteiger partial charge >= 0.3 is 0 Å². The molecule has 0 aliphatic heterocycles. The summed E-state index contributed by atoms with van der Waals surface area (Å²) in [4.78, 5) is 0. The number of halogens is 1. The Kier molecular flexibility index (Phi) is 4.73. The smallest absolute Gasteiger partial charge is 0.129 e. The SMILES string of the molecule is CCn1nnc(C)c1CNC(C)c1cc(C)c(F)c(C)c1. The number of aryl methyl sites for hydroxylation is 4. The Hall–Kier alpha value is -1.75. The Morgan fingerprint density at radius 2 is 1.86 bits per heavy atom. The van der Waals surface area contributed by atoms with Crippen molar-refractivity contribution in [2.75, 3.05) is 0 Å². The highest BCUT2D eigenvalue weighted by Gasteiger charge is 2.12. The van der Waals surface area contributed by atoms with Crippen molar-refractivity contribution in [3.8, 4) is 0 Å². The normalized spacial score (nSPS) is 12.7. The van der Waals surface area contributed by atoms with Crippen LogP contribution in [0.25, 0.3) is 0 Å².